The van der Waals surface area contributed by atoms with Gasteiger partial charge in [0.05, 0.1) is 0 Å². The molecule has 0 spiro atoms. The monoisotopic (exact) mass is 532 g/mol. The van der Waals surface area contributed by atoms with Gasteiger partial charge in [0, 0.05) is 6.42 Å². The molecule has 0 heterocycles. The van der Waals surface area contributed by atoms with Crippen LogP contribution in [-0.2, 0) is 10.1 Å². The average Bonchev–Trinajstić information content (AvgIpc) is 2.63. The zero-order valence-corrected chi connectivity index (χ0v) is 16.5. The summed E-state index contributed by atoms with van der Waals surface area (Å²) < 4.78 is 202. The third kappa shape index (κ3) is 5.17. The standard InChI is InChI=1S/C16H13F13O3S/c17-11(18,8-4-7-10(33(30,31)32)9-5-2-1-3-6-9)12(19,20)13(21,22)14(23,24)15(25,26)16(27,28)29/h1-3,5-6,10H,4,7-8H2,(H,30,31,32). The molecule has 0 aliphatic rings. The average molecular weight is 532 g/mol. The molecule has 1 atom stereocenters. The molecule has 0 saturated heterocycles. The van der Waals surface area contributed by atoms with E-state index in [1.54, 1.807) is 0 Å². The van der Waals surface area contributed by atoms with Crippen LogP contribution in [0.2, 0.25) is 0 Å². The van der Waals surface area contributed by atoms with E-state index in [0.717, 1.165) is 12.1 Å². The van der Waals surface area contributed by atoms with Gasteiger partial charge in [0.15, 0.2) is 0 Å². The molecule has 17 heteroatoms. The van der Waals surface area contributed by atoms with E-state index in [1.807, 2.05) is 0 Å². The lowest BCUT2D eigenvalue weighted by Gasteiger charge is -2.39. The van der Waals surface area contributed by atoms with Gasteiger partial charge < -0.3 is 0 Å². The molecule has 1 aromatic rings. The molecule has 0 radical (unpaired) electrons. The first-order valence-electron chi connectivity index (χ1n) is 8.42. The van der Waals surface area contributed by atoms with E-state index >= 15 is 0 Å². The van der Waals surface area contributed by atoms with Gasteiger partial charge in [-0.1, -0.05) is 30.3 Å². The Labute approximate surface area is 177 Å². The topological polar surface area (TPSA) is 54.4 Å². The van der Waals surface area contributed by atoms with Gasteiger partial charge in [-0.05, 0) is 18.4 Å². The van der Waals surface area contributed by atoms with Crippen molar-refractivity contribution in [2.45, 2.75) is 60.3 Å². The van der Waals surface area contributed by atoms with Crippen molar-refractivity contribution >= 4 is 10.1 Å². The number of rotatable bonds is 10. The Hall–Kier alpha value is -1.78. The van der Waals surface area contributed by atoms with Crippen LogP contribution in [-0.4, -0.2) is 48.8 Å². The van der Waals surface area contributed by atoms with Crippen molar-refractivity contribution in [3.8, 4) is 0 Å². The third-order valence-corrected chi connectivity index (χ3v) is 5.71. The van der Waals surface area contributed by atoms with Gasteiger partial charge in [0.25, 0.3) is 10.1 Å². The molecule has 3 nitrogen and oxygen atoms in total. The van der Waals surface area contributed by atoms with E-state index in [9.17, 15) is 65.5 Å². The van der Waals surface area contributed by atoms with Gasteiger partial charge >= 0.3 is 35.8 Å². The van der Waals surface area contributed by atoms with Gasteiger partial charge in [0.2, 0.25) is 0 Å². The van der Waals surface area contributed by atoms with Crippen molar-refractivity contribution in [3.63, 3.8) is 0 Å². The number of hydrogen-bond donors (Lipinski definition) is 1. The van der Waals surface area contributed by atoms with Gasteiger partial charge in [-0.25, -0.2) is 0 Å². The summed E-state index contributed by atoms with van der Waals surface area (Å²) in [5.41, 5.74) is -0.267. The van der Waals surface area contributed by atoms with Crippen LogP contribution in [0, 0.1) is 0 Å². The summed E-state index contributed by atoms with van der Waals surface area (Å²) in [7, 11) is -5.08. The second-order valence-corrected chi connectivity index (χ2v) is 8.41. The zero-order valence-electron chi connectivity index (χ0n) is 15.7. The minimum Gasteiger partial charge on any atom is -0.285 e. The largest absolute Gasteiger partial charge is 0.460 e. The molecular formula is C16H13F13O3S. The molecule has 0 saturated carbocycles. The molecule has 1 aromatic carbocycles. The summed E-state index contributed by atoms with van der Waals surface area (Å²) in [6.07, 6.45) is -12.7. The molecule has 1 rings (SSSR count). The van der Waals surface area contributed by atoms with Crippen molar-refractivity contribution in [1.29, 1.82) is 0 Å². The highest BCUT2D eigenvalue weighted by Crippen LogP contribution is 2.60. The summed E-state index contributed by atoms with van der Waals surface area (Å²) in [6.45, 7) is 0. The second-order valence-electron chi connectivity index (χ2n) is 6.81. The molecule has 33 heavy (non-hydrogen) atoms. The predicted octanol–water partition coefficient (Wildman–Crippen LogP) is 6.52. The van der Waals surface area contributed by atoms with Crippen LogP contribution in [0.15, 0.2) is 30.3 Å². The fourth-order valence-electron chi connectivity index (χ4n) is 2.62. The van der Waals surface area contributed by atoms with Crippen LogP contribution in [0.25, 0.3) is 0 Å². The van der Waals surface area contributed by atoms with Gasteiger partial charge in [-0.3, -0.25) is 4.55 Å². The summed E-state index contributed by atoms with van der Waals surface area (Å²) in [4.78, 5) is 0. The predicted molar refractivity (Wildman–Crippen MR) is 85.4 cm³/mol. The fourth-order valence-corrected chi connectivity index (χ4v) is 3.59. The highest BCUT2D eigenvalue weighted by molar-refractivity contribution is 7.86. The van der Waals surface area contributed by atoms with E-state index in [1.165, 1.54) is 18.2 Å². The molecule has 1 N–H and O–H groups in total. The van der Waals surface area contributed by atoms with Crippen LogP contribution in [0.3, 0.4) is 0 Å². The van der Waals surface area contributed by atoms with Crippen molar-refractivity contribution in [2.24, 2.45) is 0 Å². The quantitative estimate of drug-likeness (QED) is 0.276. The van der Waals surface area contributed by atoms with Crippen molar-refractivity contribution < 1.29 is 70.0 Å². The summed E-state index contributed by atoms with van der Waals surface area (Å²) in [5.74, 6) is -37.4. The summed E-state index contributed by atoms with van der Waals surface area (Å²) in [6, 6.07) is 5.84. The Morgan fingerprint density at radius 1 is 0.697 bits per heavy atom. The molecule has 0 aliphatic carbocycles. The Bertz CT molecular complexity index is 911. The maximum atomic E-state index is 13.8. The van der Waals surface area contributed by atoms with Crippen molar-refractivity contribution in [1.82, 2.24) is 0 Å². The molecular weight excluding hydrogens is 519 g/mol. The van der Waals surface area contributed by atoms with Crippen molar-refractivity contribution in [3.05, 3.63) is 35.9 Å². The second kappa shape index (κ2) is 8.78. The molecule has 0 aromatic heterocycles. The maximum absolute atomic E-state index is 13.8. The SMILES string of the molecule is O=S(=O)(O)C(CCCC(F)(F)C(F)(F)C(F)(F)C(F)(F)C(F)(F)C(F)(F)F)c1ccccc1. The lowest BCUT2D eigenvalue weighted by Crippen LogP contribution is -2.70. The number of benzene rings is 1. The normalized spacial score (nSPS) is 16.1. The first-order valence-corrected chi connectivity index (χ1v) is 9.92. The highest BCUT2D eigenvalue weighted by atomic mass is 32.2. The molecule has 0 aliphatic heterocycles. The number of halogens is 13. The lowest BCUT2D eigenvalue weighted by molar-refractivity contribution is -0.440. The zero-order chi connectivity index (χ0) is 26.3. The van der Waals surface area contributed by atoms with Gasteiger partial charge in [-0.2, -0.15) is 65.5 Å². The van der Waals surface area contributed by atoms with Crippen LogP contribution < -0.4 is 0 Å². The minimum absolute atomic E-state index is 0.267. The van der Waals surface area contributed by atoms with Gasteiger partial charge in [0.1, 0.15) is 5.25 Å². The molecule has 0 fully saturated rings. The van der Waals surface area contributed by atoms with Crippen molar-refractivity contribution in [2.75, 3.05) is 0 Å². The first-order chi connectivity index (χ1) is 14.5. The molecule has 0 bridgehead atoms. The Morgan fingerprint density at radius 3 is 1.52 bits per heavy atom. The first kappa shape index (κ1) is 29.3. The van der Waals surface area contributed by atoms with E-state index < -0.39 is 70.4 Å². The number of hydrogen-bond acceptors (Lipinski definition) is 2. The molecule has 192 valence electrons. The Kier molecular flexibility index (Phi) is 7.78. The molecule has 0 amide bonds. The minimum atomic E-state index is -7.99. The van der Waals surface area contributed by atoms with Gasteiger partial charge in [-0.15, -0.1) is 0 Å². The smallest absolute Gasteiger partial charge is 0.285 e. The third-order valence-electron chi connectivity index (χ3n) is 4.49. The fraction of sp³-hybridized carbons (Fsp3) is 0.625. The maximum Gasteiger partial charge on any atom is 0.460 e. The highest BCUT2D eigenvalue weighted by Gasteiger charge is 2.90. The van der Waals surface area contributed by atoms with E-state index in [4.69, 9.17) is 4.55 Å². The Morgan fingerprint density at radius 2 is 1.12 bits per heavy atom. The van der Waals surface area contributed by atoms with Crippen LogP contribution >= 0.6 is 0 Å². The number of alkyl halides is 13. The van der Waals surface area contributed by atoms with E-state index in [0.29, 0.717) is 0 Å². The summed E-state index contributed by atoms with van der Waals surface area (Å²) >= 11 is 0. The van der Waals surface area contributed by atoms with E-state index in [2.05, 4.69) is 0 Å². The van der Waals surface area contributed by atoms with Crippen LogP contribution in [0.5, 0.6) is 0 Å². The lowest BCUT2D eigenvalue weighted by atomic mass is 9.91. The Balaban J connectivity index is 3.20. The summed E-state index contributed by atoms with van der Waals surface area (Å²) in [5, 5.41) is -2.06. The van der Waals surface area contributed by atoms with Crippen LogP contribution in [0.1, 0.15) is 30.1 Å². The van der Waals surface area contributed by atoms with Crippen LogP contribution in [0.4, 0.5) is 57.1 Å². The van der Waals surface area contributed by atoms with E-state index in [-0.39, 0.29) is 5.56 Å². The molecule has 1 unspecified atom stereocenters.